The topological polar surface area (TPSA) is 388 Å². The van der Waals surface area contributed by atoms with Gasteiger partial charge in [0.05, 0.1) is 51.4 Å². The van der Waals surface area contributed by atoms with E-state index in [1.165, 1.54) is 116 Å². The Balaban J connectivity index is 0.595. The monoisotopic (exact) mass is 1460 g/mol. The maximum Gasteiger partial charge on any atom is 0.415 e. The first kappa shape index (κ1) is 76.8. The van der Waals surface area contributed by atoms with Crippen molar-refractivity contribution in [3.8, 4) is 11.5 Å². The number of hydrogen-bond acceptors (Lipinski definition) is 24. The van der Waals surface area contributed by atoms with Crippen molar-refractivity contribution in [1.82, 2.24) is 48.8 Å². The number of hydrogen-bond donors (Lipinski definition) is 4. The number of nitrogens with one attached hydrogen (secondary N) is 2. The highest BCUT2D eigenvalue weighted by atomic mass is 32.2. The number of carboxylic acid groups (broad SMARTS) is 2. The largest absolute Gasteiger partial charge is 0.480 e. The number of ether oxygens (including phenoxy) is 8. The van der Waals surface area contributed by atoms with Gasteiger partial charge in [-0.2, -0.15) is 8.61 Å². The summed E-state index contributed by atoms with van der Waals surface area (Å²) in [4.78, 5) is 117. The molecule has 32 nitrogen and oxygen atoms in total. The summed E-state index contributed by atoms with van der Waals surface area (Å²) in [5, 5.41) is 25.2. The van der Waals surface area contributed by atoms with Gasteiger partial charge < -0.3 is 78.3 Å². The maximum atomic E-state index is 13.7. The fourth-order valence-electron chi connectivity index (χ4n) is 10.7. The second-order valence-electron chi connectivity index (χ2n) is 23.9. The predicted molar refractivity (Wildman–Crippen MR) is 356 cm³/mol. The summed E-state index contributed by atoms with van der Waals surface area (Å²) in [5.74, 6) is -3.85. The molecule has 4 atom stereocenters. The fourth-order valence-corrected chi connectivity index (χ4v) is 17.0. The van der Waals surface area contributed by atoms with Crippen LogP contribution in [0.4, 0.5) is 19.2 Å². The highest BCUT2D eigenvalue weighted by molar-refractivity contribution is 8.02. The Hall–Kier alpha value is -7.94. The number of aromatic nitrogens is 2. The van der Waals surface area contributed by atoms with Gasteiger partial charge in [0, 0.05) is 113 Å². The molecule has 4 fully saturated rings. The van der Waals surface area contributed by atoms with Crippen molar-refractivity contribution in [2.24, 2.45) is 0 Å². The van der Waals surface area contributed by atoms with Crippen LogP contribution in [0.15, 0.2) is 107 Å². The average Bonchev–Trinajstić information content (AvgIpc) is 1.62. The van der Waals surface area contributed by atoms with Crippen LogP contribution in [-0.4, -0.2) is 277 Å². The number of aliphatic carboxylic acids is 2. The van der Waals surface area contributed by atoms with Crippen molar-refractivity contribution >= 4 is 91.7 Å². The van der Waals surface area contributed by atoms with Crippen LogP contribution in [0.1, 0.15) is 45.2 Å². The Morgan fingerprint density at radius 3 is 1.13 bits per heavy atom. The Morgan fingerprint density at radius 1 is 0.485 bits per heavy atom. The van der Waals surface area contributed by atoms with E-state index in [0.717, 1.165) is 8.61 Å². The molecule has 4 N–H and O–H groups in total. The van der Waals surface area contributed by atoms with E-state index in [9.17, 15) is 65.4 Å². The molecule has 6 heterocycles. The van der Waals surface area contributed by atoms with E-state index in [0.29, 0.717) is 44.0 Å². The molecule has 0 spiro atoms. The normalized spacial score (nSPS) is 18.6. The number of rotatable bonds is 32. The number of benzene rings is 2. The molecule has 2 aromatic heterocycles. The van der Waals surface area contributed by atoms with E-state index in [1.807, 2.05) is 0 Å². The van der Waals surface area contributed by atoms with Crippen molar-refractivity contribution in [1.29, 1.82) is 0 Å². The van der Waals surface area contributed by atoms with Crippen LogP contribution in [0.25, 0.3) is 0 Å². The molecule has 2 aromatic carbocycles. The molecule has 0 saturated carbocycles. The van der Waals surface area contributed by atoms with Crippen LogP contribution in [-0.2, 0) is 80.5 Å². The van der Waals surface area contributed by atoms with Crippen LogP contribution >= 0.6 is 23.5 Å². The molecule has 0 radical (unpaired) electrons. The van der Waals surface area contributed by atoms with Crippen molar-refractivity contribution < 1.29 is 103 Å². The summed E-state index contributed by atoms with van der Waals surface area (Å²) in [6.45, 7) is 10.7. The van der Waals surface area contributed by atoms with Crippen LogP contribution in [0.3, 0.4) is 0 Å². The molecule has 0 aliphatic carbocycles. The van der Waals surface area contributed by atoms with Gasteiger partial charge in [-0.3, -0.25) is 19.6 Å². The molecular weight excluding hydrogens is 1380 g/mol. The zero-order valence-corrected chi connectivity index (χ0v) is 58.3. The first-order valence-electron chi connectivity index (χ1n) is 31.7. The molecule has 4 aliphatic heterocycles. The molecule has 4 saturated heterocycles. The van der Waals surface area contributed by atoms with E-state index in [2.05, 4.69) is 20.6 Å². The van der Waals surface area contributed by atoms with Crippen LogP contribution in [0, 0.1) is 0 Å². The molecule has 36 heteroatoms. The minimum absolute atomic E-state index is 0.00793. The lowest BCUT2D eigenvalue weighted by molar-refractivity contribution is -0.142. The van der Waals surface area contributed by atoms with Crippen molar-refractivity contribution in [3.63, 3.8) is 0 Å². The molecule has 540 valence electrons. The highest BCUT2D eigenvalue weighted by Gasteiger charge is 2.53. The third-order valence-electron chi connectivity index (χ3n) is 16.2. The van der Waals surface area contributed by atoms with Gasteiger partial charge in [-0.1, -0.05) is 24.3 Å². The molecular formula is C63H82N10O22S4. The highest BCUT2D eigenvalue weighted by Crippen LogP contribution is 2.43. The summed E-state index contributed by atoms with van der Waals surface area (Å²) < 4.78 is 98.3. The van der Waals surface area contributed by atoms with Gasteiger partial charge in [0.25, 0.3) is 0 Å². The van der Waals surface area contributed by atoms with E-state index < -0.39 is 102 Å². The van der Waals surface area contributed by atoms with Crippen molar-refractivity contribution in [2.75, 3.05) is 130 Å². The van der Waals surface area contributed by atoms with Gasteiger partial charge in [0.15, 0.2) is 0 Å². The number of thioether (sulfide) groups is 2. The summed E-state index contributed by atoms with van der Waals surface area (Å²) in [5.41, 5.74) is 0.998. The van der Waals surface area contributed by atoms with E-state index >= 15 is 0 Å². The van der Waals surface area contributed by atoms with Crippen molar-refractivity contribution in [2.45, 2.75) is 90.4 Å². The van der Waals surface area contributed by atoms with Crippen LogP contribution < -0.4 is 20.1 Å². The Labute approximate surface area is 581 Å². The number of carbonyl (C=O) groups is 8. The first-order chi connectivity index (χ1) is 47.2. The second kappa shape index (κ2) is 35.9. The van der Waals surface area contributed by atoms with Gasteiger partial charge in [0.1, 0.15) is 58.7 Å². The van der Waals surface area contributed by atoms with Gasteiger partial charge in [-0.05, 0) is 93.8 Å². The zero-order chi connectivity index (χ0) is 71.3. The molecule has 99 heavy (non-hydrogen) atoms. The number of carboxylic acids is 2. The van der Waals surface area contributed by atoms with Gasteiger partial charge >= 0.3 is 36.3 Å². The van der Waals surface area contributed by atoms with E-state index in [-0.39, 0.29) is 138 Å². The predicted octanol–water partition coefficient (Wildman–Crippen LogP) is 3.45. The fraction of sp³-hybridized carbons (Fsp3) is 0.524. The molecule has 6 amide bonds. The SMILES string of the molecule is CC1(C)SCN(S(=O)(=O)c2cccnc2)[C@@H]1C(=O)N[C@@H](Cc1ccc(OC(=O)N2CCN(C(=O)OCCOCCOCCCOCCOCCOC(=O)N3CCN(C(=O)Oc4ccc(C[C@H](NC(=O)[C@H]5N(S(=O)(=O)c6cccnc6)CSC5(C)C)C(=O)O)cc4)CC3)CC2)cc1)C(=O)O. The smallest absolute Gasteiger partial charge is 0.415 e. The second-order valence-corrected chi connectivity index (χ2v) is 30.9. The number of nitrogens with zero attached hydrogens (tertiary/aromatic N) is 8. The minimum Gasteiger partial charge on any atom is -0.480 e. The lowest BCUT2D eigenvalue weighted by atomic mass is 10.0. The Morgan fingerprint density at radius 2 is 0.808 bits per heavy atom. The minimum atomic E-state index is -4.13. The van der Waals surface area contributed by atoms with Gasteiger partial charge in [0.2, 0.25) is 31.9 Å². The zero-order valence-electron chi connectivity index (χ0n) is 55.1. The molecule has 4 aliphatic rings. The molecule has 8 rings (SSSR count). The number of pyridine rings is 2. The average molecular weight is 1460 g/mol. The third kappa shape index (κ3) is 21.5. The lowest BCUT2D eigenvalue weighted by Crippen LogP contribution is -2.56. The van der Waals surface area contributed by atoms with E-state index in [1.54, 1.807) is 52.0 Å². The summed E-state index contributed by atoms with van der Waals surface area (Å²) >= 11 is 2.51. The van der Waals surface area contributed by atoms with Gasteiger partial charge in [-0.25, -0.2) is 45.6 Å². The number of sulfonamides is 2. The number of piperazine rings is 2. The summed E-state index contributed by atoms with van der Waals surface area (Å²) in [6.07, 6.45) is 3.14. The Bertz CT molecular complexity index is 3390. The first-order valence-corrected chi connectivity index (χ1v) is 36.5. The molecule has 4 aromatic rings. The number of carbonyl (C=O) groups excluding carboxylic acids is 6. The van der Waals surface area contributed by atoms with E-state index in [4.69, 9.17) is 37.9 Å². The van der Waals surface area contributed by atoms with Crippen LogP contribution in [0.5, 0.6) is 11.5 Å². The standard InChI is InChI=1S/C63H82N10O22S4/c1-62(2)52(72(42-96-62)98(84,85)48-8-5-18-64-40-48)54(74)66-50(56(76)77)38-44-10-14-46(15-11-44)94-60(82)70-24-20-68(21-25-70)58(80)92-36-34-90-32-30-88-28-7-29-89-31-33-91-35-37-93-59(81)69-22-26-71(27-23-69)61(83)95-47-16-12-45(13-17-47)39-51(57(78)79)67-55(75)53-63(3,4)97-43-73(53)99(86,87)49-9-6-19-65-41-49/h5-6,8-19,40-41,50-53H,7,20-39,42-43H2,1-4H3,(H,66,74)(H,67,75)(H,76,77)(H,78,79)/t50-,51-,52+,53+/m0/s1. The summed E-state index contributed by atoms with van der Waals surface area (Å²) in [7, 11) is -8.27. The van der Waals surface area contributed by atoms with Crippen LogP contribution in [0.2, 0.25) is 0 Å². The number of amides is 6. The molecule has 0 unspecified atom stereocenters. The third-order valence-corrected chi connectivity index (χ3v) is 22.9. The quantitative estimate of drug-likeness (QED) is 0.0509. The summed E-state index contributed by atoms with van der Waals surface area (Å²) in [6, 6.07) is 12.6. The molecule has 0 bridgehead atoms. The maximum absolute atomic E-state index is 13.7. The van der Waals surface area contributed by atoms with Crippen molar-refractivity contribution in [3.05, 3.63) is 109 Å². The Kier molecular flexibility index (Phi) is 27.9. The van der Waals surface area contributed by atoms with Gasteiger partial charge in [-0.15, -0.1) is 23.5 Å². The lowest BCUT2D eigenvalue weighted by Gasteiger charge is -2.33.